The second-order valence-electron chi connectivity index (χ2n) is 3.95. The third-order valence-electron chi connectivity index (χ3n) is 2.42. The molecule has 0 aliphatic heterocycles. The monoisotopic (exact) mass is 304 g/mol. The van der Waals surface area contributed by atoms with Gasteiger partial charge in [-0.3, -0.25) is 0 Å². The zero-order valence-corrected chi connectivity index (χ0v) is 11.3. The van der Waals surface area contributed by atoms with Gasteiger partial charge in [-0.05, 0) is 64.8 Å². The fourth-order valence-electron chi connectivity index (χ4n) is 1.66. The summed E-state index contributed by atoms with van der Waals surface area (Å²) < 4.78 is 13.9. The summed E-state index contributed by atoms with van der Waals surface area (Å²) in [7, 11) is 0. The van der Waals surface area contributed by atoms with Gasteiger partial charge in [0.25, 0.3) is 0 Å². The summed E-state index contributed by atoms with van der Waals surface area (Å²) in [6.07, 6.45) is 0. The molecular formula is C14H10BrFN2. The Balaban J connectivity index is 2.29. The Hall–Kier alpha value is -1.86. The second-order valence-corrected chi connectivity index (χ2v) is 4.80. The van der Waals surface area contributed by atoms with E-state index in [0.717, 1.165) is 11.3 Å². The highest BCUT2D eigenvalue weighted by Crippen LogP contribution is 2.24. The third-order valence-corrected chi connectivity index (χ3v) is 3.08. The summed E-state index contributed by atoms with van der Waals surface area (Å²) in [5, 5.41) is 11.9. The lowest BCUT2D eigenvalue weighted by Crippen LogP contribution is -1.92. The Morgan fingerprint density at radius 3 is 2.56 bits per heavy atom. The van der Waals surface area contributed by atoms with Crippen molar-refractivity contribution < 1.29 is 4.39 Å². The molecule has 2 nitrogen and oxygen atoms in total. The van der Waals surface area contributed by atoms with Crippen molar-refractivity contribution in [3.05, 3.63) is 57.8 Å². The van der Waals surface area contributed by atoms with E-state index in [9.17, 15) is 4.39 Å². The van der Waals surface area contributed by atoms with Crippen LogP contribution in [0.4, 0.5) is 15.8 Å². The van der Waals surface area contributed by atoms with Crippen molar-refractivity contribution >= 4 is 27.3 Å². The van der Waals surface area contributed by atoms with Crippen molar-refractivity contribution in [3.63, 3.8) is 0 Å². The minimum Gasteiger partial charge on any atom is -0.355 e. The lowest BCUT2D eigenvalue weighted by Gasteiger charge is -2.08. The van der Waals surface area contributed by atoms with E-state index in [2.05, 4.69) is 27.3 Å². The maximum absolute atomic E-state index is 13.2. The number of nitriles is 1. The van der Waals surface area contributed by atoms with Gasteiger partial charge in [0.15, 0.2) is 0 Å². The molecule has 0 fully saturated rings. The first-order valence-corrected chi connectivity index (χ1v) is 6.11. The maximum Gasteiger partial charge on any atom is 0.125 e. The highest BCUT2D eigenvalue weighted by Gasteiger charge is 2.02. The minimum absolute atomic E-state index is 0.273. The van der Waals surface area contributed by atoms with Gasteiger partial charge < -0.3 is 5.32 Å². The number of hydrogen-bond acceptors (Lipinski definition) is 2. The van der Waals surface area contributed by atoms with Crippen molar-refractivity contribution in [1.29, 1.82) is 5.26 Å². The van der Waals surface area contributed by atoms with Gasteiger partial charge in [-0.25, -0.2) is 4.39 Å². The minimum atomic E-state index is -0.273. The molecule has 0 saturated carbocycles. The normalized spacial score (nSPS) is 9.89. The lowest BCUT2D eigenvalue weighted by molar-refractivity contribution is 0.627. The molecule has 2 rings (SSSR count). The Kier molecular flexibility index (Phi) is 3.63. The maximum atomic E-state index is 13.2. The van der Waals surface area contributed by atoms with Crippen LogP contribution in [-0.4, -0.2) is 0 Å². The molecule has 1 N–H and O–H groups in total. The second kappa shape index (κ2) is 5.19. The Morgan fingerprint density at radius 2 is 1.94 bits per heavy atom. The summed E-state index contributed by atoms with van der Waals surface area (Å²) in [6, 6.07) is 12.1. The molecule has 0 saturated heterocycles. The van der Waals surface area contributed by atoms with Crippen LogP contribution in [0.15, 0.2) is 40.9 Å². The standard InChI is InChI=1S/C14H10BrFN2/c1-9-4-11(16)6-13(5-9)18-12-3-2-10(8-17)14(15)7-12/h2-7,18H,1H3. The molecule has 0 amide bonds. The zero-order valence-electron chi connectivity index (χ0n) is 9.67. The Labute approximate surface area is 113 Å². The Bertz CT molecular complexity index is 612. The first kappa shape index (κ1) is 12.6. The van der Waals surface area contributed by atoms with Crippen molar-refractivity contribution in [2.75, 3.05) is 5.32 Å². The van der Waals surface area contributed by atoms with Crippen LogP contribution in [0.3, 0.4) is 0 Å². The van der Waals surface area contributed by atoms with Gasteiger partial charge in [-0.2, -0.15) is 5.26 Å². The van der Waals surface area contributed by atoms with Crippen LogP contribution >= 0.6 is 15.9 Å². The Morgan fingerprint density at radius 1 is 1.17 bits per heavy atom. The van der Waals surface area contributed by atoms with Crippen molar-refractivity contribution in [3.8, 4) is 6.07 Å². The molecule has 0 heterocycles. The van der Waals surface area contributed by atoms with Crippen LogP contribution in [0.1, 0.15) is 11.1 Å². The highest BCUT2D eigenvalue weighted by molar-refractivity contribution is 9.10. The zero-order chi connectivity index (χ0) is 13.1. The molecule has 0 spiro atoms. The van der Waals surface area contributed by atoms with E-state index in [4.69, 9.17) is 5.26 Å². The molecule has 0 aliphatic rings. The number of rotatable bonds is 2. The molecule has 0 atom stereocenters. The molecule has 0 aliphatic carbocycles. The molecule has 0 unspecified atom stereocenters. The number of benzene rings is 2. The van der Waals surface area contributed by atoms with E-state index in [0.29, 0.717) is 15.7 Å². The molecule has 18 heavy (non-hydrogen) atoms. The number of anilines is 2. The summed E-state index contributed by atoms with van der Waals surface area (Å²) in [5.41, 5.74) is 2.90. The number of nitrogens with one attached hydrogen (secondary N) is 1. The predicted molar refractivity (Wildman–Crippen MR) is 73.3 cm³/mol. The molecule has 0 radical (unpaired) electrons. The van der Waals surface area contributed by atoms with Gasteiger partial charge >= 0.3 is 0 Å². The lowest BCUT2D eigenvalue weighted by atomic mass is 10.2. The fourth-order valence-corrected chi connectivity index (χ4v) is 2.13. The number of aryl methyl sites for hydroxylation is 1. The molecule has 2 aromatic carbocycles. The van der Waals surface area contributed by atoms with Gasteiger partial charge in [-0.15, -0.1) is 0 Å². The van der Waals surface area contributed by atoms with E-state index in [1.807, 2.05) is 13.0 Å². The van der Waals surface area contributed by atoms with Crippen LogP contribution < -0.4 is 5.32 Å². The van der Waals surface area contributed by atoms with E-state index in [-0.39, 0.29) is 5.82 Å². The van der Waals surface area contributed by atoms with Gasteiger partial charge in [0.05, 0.1) is 5.56 Å². The first-order valence-electron chi connectivity index (χ1n) is 5.32. The molecular weight excluding hydrogens is 295 g/mol. The number of hydrogen-bond donors (Lipinski definition) is 1. The molecule has 90 valence electrons. The van der Waals surface area contributed by atoms with Crippen LogP contribution in [0.2, 0.25) is 0 Å². The topological polar surface area (TPSA) is 35.8 Å². The number of halogens is 2. The van der Waals surface area contributed by atoms with Crippen LogP contribution in [0.25, 0.3) is 0 Å². The smallest absolute Gasteiger partial charge is 0.125 e. The highest BCUT2D eigenvalue weighted by atomic mass is 79.9. The average Bonchev–Trinajstić information content (AvgIpc) is 2.27. The van der Waals surface area contributed by atoms with Gasteiger partial charge in [-0.1, -0.05) is 0 Å². The molecule has 0 aromatic heterocycles. The first-order chi connectivity index (χ1) is 8.58. The predicted octanol–water partition coefficient (Wildman–Crippen LogP) is 4.51. The van der Waals surface area contributed by atoms with E-state index < -0.39 is 0 Å². The van der Waals surface area contributed by atoms with Gasteiger partial charge in [0.2, 0.25) is 0 Å². The fraction of sp³-hybridized carbons (Fsp3) is 0.0714. The SMILES string of the molecule is Cc1cc(F)cc(Nc2ccc(C#N)c(Br)c2)c1. The molecule has 0 bridgehead atoms. The van der Waals surface area contributed by atoms with Crippen molar-refractivity contribution in [2.24, 2.45) is 0 Å². The third kappa shape index (κ3) is 2.88. The molecule has 4 heteroatoms. The summed E-state index contributed by atoms with van der Waals surface area (Å²) in [4.78, 5) is 0. The van der Waals surface area contributed by atoms with Crippen molar-refractivity contribution in [1.82, 2.24) is 0 Å². The van der Waals surface area contributed by atoms with E-state index in [1.54, 1.807) is 18.2 Å². The van der Waals surface area contributed by atoms with E-state index in [1.165, 1.54) is 12.1 Å². The number of nitrogens with zero attached hydrogens (tertiary/aromatic N) is 1. The van der Waals surface area contributed by atoms with Crippen LogP contribution in [0.5, 0.6) is 0 Å². The van der Waals surface area contributed by atoms with Crippen molar-refractivity contribution in [2.45, 2.75) is 6.92 Å². The largest absolute Gasteiger partial charge is 0.355 e. The summed E-state index contributed by atoms with van der Waals surface area (Å²) >= 11 is 3.31. The van der Waals surface area contributed by atoms with Gasteiger partial charge in [0.1, 0.15) is 11.9 Å². The van der Waals surface area contributed by atoms with Crippen LogP contribution in [0, 0.1) is 24.1 Å². The molecule has 2 aromatic rings. The van der Waals surface area contributed by atoms with Gasteiger partial charge in [0, 0.05) is 15.8 Å². The average molecular weight is 305 g/mol. The summed E-state index contributed by atoms with van der Waals surface area (Å²) in [5.74, 6) is -0.273. The van der Waals surface area contributed by atoms with E-state index >= 15 is 0 Å². The van der Waals surface area contributed by atoms with Crippen LogP contribution in [-0.2, 0) is 0 Å². The summed E-state index contributed by atoms with van der Waals surface area (Å²) in [6.45, 7) is 1.84. The quantitative estimate of drug-likeness (QED) is 0.886.